The van der Waals surface area contributed by atoms with Gasteiger partial charge in [0, 0.05) is 5.54 Å². The highest BCUT2D eigenvalue weighted by Crippen LogP contribution is 2.21. The number of hydrogen-bond acceptors (Lipinski definition) is 4. The van der Waals surface area contributed by atoms with Crippen molar-refractivity contribution in [1.82, 2.24) is 4.98 Å². The van der Waals surface area contributed by atoms with Gasteiger partial charge in [-0.2, -0.15) is 5.26 Å². The summed E-state index contributed by atoms with van der Waals surface area (Å²) >= 11 is 0. The fourth-order valence-electron chi connectivity index (χ4n) is 1.67. The Balaban J connectivity index is 2.93. The lowest BCUT2D eigenvalue weighted by atomic mass is 9.98. The average Bonchev–Trinajstić information content (AvgIpc) is 2.20. The van der Waals surface area contributed by atoms with Crippen molar-refractivity contribution >= 4 is 11.5 Å². The third-order valence-electron chi connectivity index (χ3n) is 2.36. The fraction of sp³-hybridized carbons (Fsp3) is 0.500. The molecule has 1 aromatic rings. The second-order valence-electron chi connectivity index (χ2n) is 4.54. The smallest absolute Gasteiger partial charge is 0.144 e. The Morgan fingerprint density at radius 3 is 2.81 bits per heavy atom. The summed E-state index contributed by atoms with van der Waals surface area (Å²) in [4.78, 5) is 4.16. The predicted molar refractivity (Wildman–Crippen MR) is 66.0 cm³/mol. The molecule has 0 atom stereocenters. The maximum absolute atomic E-state index is 8.98. The van der Waals surface area contributed by atoms with Crippen LogP contribution in [0, 0.1) is 11.3 Å². The highest BCUT2D eigenvalue weighted by Gasteiger charge is 2.18. The van der Waals surface area contributed by atoms with Crippen LogP contribution in [0.4, 0.5) is 11.5 Å². The molecule has 0 aliphatic rings. The quantitative estimate of drug-likeness (QED) is 0.814. The van der Waals surface area contributed by atoms with Gasteiger partial charge in [0.15, 0.2) is 0 Å². The van der Waals surface area contributed by atoms with E-state index in [4.69, 9.17) is 11.0 Å². The highest BCUT2D eigenvalue weighted by atomic mass is 15.0. The molecule has 0 unspecified atom stereocenters. The Hall–Kier alpha value is -1.76. The molecular weight excluding hydrogens is 200 g/mol. The Labute approximate surface area is 96.5 Å². The van der Waals surface area contributed by atoms with Crippen LogP contribution in [0.1, 0.15) is 39.2 Å². The second kappa shape index (κ2) is 4.84. The van der Waals surface area contributed by atoms with Crippen molar-refractivity contribution in [2.45, 2.75) is 39.2 Å². The van der Waals surface area contributed by atoms with Gasteiger partial charge in [-0.1, -0.05) is 13.3 Å². The first kappa shape index (κ1) is 12.3. The van der Waals surface area contributed by atoms with E-state index < -0.39 is 0 Å². The Morgan fingerprint density at radius 2 is 2.25 bits per heavy atom. The zero-order valence-corrected chi connectivity index (χ0v) is 10.0. The van der Waals surface area contributed by atoms with Gasteiger partial charge in [0.05, 0.1) is 17.4 Å². The lowest BCUT2D eigenvalue weighted by molar-refractivity contribution is 0.509. The third kappa shape index (κ3) is 3.13. The number of nitrogen functional groups attached to an aromatic ring is 1. The van der Waals surface area contributed by atoms with E-state index in [1.54, 1.807) is 12.3 Å². The van der Waals surface area contributed by atoms with E-state index in [-0.39, 0.29) is 5.54 Å². The largest absolute Gasteiger partial charge is 0.397 e. The Kier molecular flexibility index (Phi) is 3.73. The van der Waals surface area contributed by atoms with E-state index in [2.05, 4.69) is 37.1 Å². The van der Waals surface area contributed by atoms with Crippen molar-refractivity contribution in [2.75, 3.05) is 11.1 Å². The molecule has 0 aliphatic heterocycles. The van der Waals surface area contributed by atoms with Crippen molar-refractivity contribution < 1.29 is 0 Å². The Morgan fingerprint density at radius 1 is 1.56 bits per heavy atom. The molecule has 0 radical (unpaired) electrons. The SMILES string of the molecule is CCCC(C)(C)Nc1ncc(N)cc1C#N. The third-order valence-corrected chi connectivity index (χ3v) is 2.36. The van der Waals surface area contributed by atoms with Crippen molar-refractivity contribution in [3.8, 4) is 6.07 Å². The van der Waals surface area contributed by atoms with Crippen LogP contribution in [0.3, 0.4) is 0 Å². The molecule has 3 N–H and O–H groups in total. The number of nitriles is 1. The molecule has 1 aromatic heterocycles. The molecule has 0 saturated carbocycles. The number of nitrogens with one attached hydrogen (secondary N) is 1. The fourth-order valence-corrected chi connectivity index (χ4v) is 1.67. The number of nitrogens with zero attached hydrogens (tertiary/aromatic N) is 2. The number of pyridine rings is 1. The summed E-state index contributed by atoms with van der Waals surface area (Å²) in [6, 6.07) is 3.73. The first-order valence-electron chi connectivity index (χ1n) is 5.42. The van der Waals surface area contributed by atoms with E-state index in [0.29, 0.717) is 17.1 Å². The first-order chi connectivity index (χ1) is 7.48. The number of anilines is 2. The van der Waals surface area contributed by atoms with Gasteiger partial charge in [-0.25, -0.2) is 4.98 Å². The number of hydrogen-bond donors (Lipinski definition) is 2. The second-order valence-corrected chi connectivity index (χ2v) is 4.54. The summed E-state index contributed by atoms with van der Waals surface area (Å²) in [6.07, 6.45) is 3.66. The van der Waals surface area contributed by atoms with Gasteiger partial charge in [0.25, 0.3) is 0 Å². The van der Waals surface area contributed by atoms with Crippen LogP contribution in [0.25, 0.3) is 0 Å². The van der Waals surface area contributed by atoms with E-state index in [0.717, 1.165) is 12.8 Å². The van der Waals surface area contributed by atoms with Gasteiger partial charge in [-0.3, -0.25) is 0 Å². The molecule has 0 bridgehead atoms. The van der Waals surface area contributed by atoms with Crippen molar-refractivity contribution in [1.29, 1.82) is 5.26 Å². The van der Waals surface area contributed by atoms with Crippen LogP contribution in [0.5, 0.6) is 0 Å². The van der Waals surface area contributed by atoms with Crippen LogP contribution >= 0.6 is 0 Å². The van der Waals surface area contributed by atoms with E-state index in [9.17, 15) is 0 Å². The topological polar surface area (TPSA) is 74.7 Å². The van der Waals surface area contributed by atoms with Crippen molar-refractivity contribution in [3.05, 3.63) is 17.8 Å². The normalized spacial score (nSPS) is 10.9. The minimum Gasteiger partial charge on any atom is -0.397 e. The van der Waals surface area contributed by atoms with Crippen molar-refractivity contribution in [2.24, 2.45) is 0 Å². The molecule has 86 valence electrons. The number of aromatic nitrogens is 1. The van der Waals surface area contributed by atoms with Gasteiger partial charge in [-0.05, 0) is 26.3 Å². The summed E-state index contributed by atoms with van der Waals surface area (Å²) in [6.45, 7) is 6.32. The van der Waals surface area contributed by atoms with E-state index in [1.807, 2.05) is 0 Å². The van der Waals surface area contributed by atoms with Crippen LogP contribution in [-0.4, -0.2) is 10.5 Å². The molecule has 0 spiro atoms. The lowest BCUT2D eigenvalue weighted by Gasteiger charge is -2.26. The maximum Gasteiger partial charge on any atom is 0.144 e. The van der Waals surface area contributed by atoms with Crippen LogP contribution in [0.2, 0.25) is 0 Å². The molecule has 4 nitrogen and oxygen atoms in total. The van der Waals surface area contributed by atoms with Gasteiger partial charge in [0.2, 0.25) is 0 Å². The first-order valence-corrected chi connectivity index (χ1v) is 5.42. The van der Waals surface area contributed by atoms with E-state index in [1.165, 1.54) is 0 Å². The summed E-state index contributed by atoms with van der Waals surface area (Å²) in [7, 11) is 0. The molecule has 0 aromatic carbocycles. The summed E-state index contributed by atoms with van der Waals surface area (Å²) in [5, 5.41) is 12.3. The molecular formula is C12H18N4. The van der Waals surface area contributed by atoms with Crippen LogP contribution in [0.15, 0.2) is 12.3 Å². The molecule has 0 fully saturated rings. The van der Waals surface area contributed by atoms with Gasteiger partial charge in [0.1, 0.15) is 11.9 Å². The number of nitrogens with two attached hydrogens (primary N) is 1. The maximum atomic E-state index is 8.98. The molecule has 0 amide bonds. The van der Waals surface area contributed by atoms with Gasteiger partial charge in [-0.15, -0.1) is 0 Å². The minimum absolute atomic E-state index is 0.0660. The number of rotatable bonds is 4. The van der Waals surface area contributed by atoms with Crippen LogP contribution in [-0.2, 0) is 0 Å². The lowest BCUT2D eigenvalue weighted by Crippen LogP contribution is -2.31. The molecule has 4 heteroatoms. The van der Waals surface area contributed by atoms with Gasteiger partial charge < -0.3 is 11.1 Å². The molecule has 1 rings (SSSR count). The van der Waals surface area contributed by atoms with Crippen LogP contribution < -0.4 is 11.1 Å². The van der Waals surface area contributed by atoms with Gasteiger partial charge >= 0.3 is 0 Å². The summed E-state index contributed by atoms with van der Waals surface area (Å²) in [5.41, 5.74) is 6.52. The summed E-state index contributed by atoms with van der Waals surface area (Å²) < 4.78 is 0. The average molecular weight is 218 g/mol. The predicted octanol–water partition coefficient (Wildman–Crippen LogP) is 2.53. The minimum atomic E-state index is -0.0660. The van der Waals surface area contributed by atoms with Crippen molar-refractivity contribution in [3.63, 3.8) is 0 Å². The molecule has 0 aliphatic carbocycles. The monoisotopic (exact) mass is 218 g/mol. The standard InChI is InChI=1S/C12H18N4/c1-4-5-12(2,3)16-11-9(7-13)6-10(14)8-15-11/h6,8H,4-5,14H2,1-3H3,(H,15,16). The molecule has 0 saturated heterocycles. The molecule has 1 heterocycles. The highest BCUT2D eigenvalue weighted by molar-refractivity contribution is 5.58. The Bertz CT molecular complexity index is 404. The zero-order chi connectivity index (χ0) is 12.2. The van der Waals surface area contributed by atoms with E-state index >= 15 is 0 Å². The zero-order valence-electron chi connectivity index (χ0n) is 10.0. The summed E-state index contributed by atoms with van der Waals surface area (Å²) in [5.74, 6) is 0.607. The molecule has 16 heavy (non-hydrogen) atoms.